The first-order valence-corrected chi connectivity index (χ1v) is 11.5. The first kappa shape index (κ1) is 22.2. The first-order valence-electron chi connectivity index (χ1n) is 11.5. The molecular weight excluding hydrogens is 398 g/mol. The molecule has 1 aromatic heterocycles. The van der Waals surface area contributed by atoms with Crippen LogP contribution in [-0.2, 0) is 0 Å². The van der Waals surface area contributed by atoms with Crippen LogP contribution in [0.1, 0.15) is 63.0 Å². The summed E-state index contributed by atoms with van der Waals surface area (Å²) in [5, 5.41) is 13.1. The van der Waals surface area contributed by atoms with Crippen LogP contribution < -0.4 is 11.1 Å². The van der Waals surface area contributed by atoms with Gasteiger partial charge in [-0.15, -0.1) is 0 Å². The Balaban J connectivity index is 1.52. The SMILES string of the molecule is CC(=NC1(C)CC1)/C(=C\N)Nc1ncc2cc(C)c(C3CCN(CCC#N)CC3)cc2n1. The van der Waals surface area contributed by atoms with E-state index >= 15 is 0 Å². The average molecular weight is 432 g/mol. The molecule has 168 valence electrons. The number of rotatable bonds is 7. The number of aliphatic imine (C=N–C) groups is 1. The highest BCUT2D eigenvalue weighted by molar-refractivity contribution is 6.00. The van der Waals surface area contributed by atoms with Crippen LogP contribution in [0, 0.1) is 18.3 Å². The number of allylic oxidation sites excluding steroid dienone is 1. The molecule has 3 N–H and O–H groups in total. The molecule has 1 aromatic carbocycles. The highest BCUT2D eigenvalue weighted by Gasteiger charge is 2.37. The topological polar surface area (TPSA) is 103 Å². The van der Waals surface area contributed by atoms with E-state index in [2.05, 4.69) is 47.3 Å². The summed E-state index contributed by atoms with van der Waals surface area (Å²) in [4.78, 5) is 16.5. The van der Waals surface area contributed by atoms with E-state index in [1.165, 1.54) is 11.1 Å². The van der Waals surface area contributed by atoms with Gasteiger partial charge >= 0.3 is 0 Å². The van der Waals surface area contributed by atoms with Gasteiger partial charge in [0.05, 0.1) is 28.5 Å². The third kappa shape index (κ3) is 5.08. The molecule has 1 aliphatic carbocycles. The van der Waals surface area contributed by atoms with Crippen molar-refractivity contribution < 1.29 is 0 Å². The van der Waals surface area contributed by atoms with Crippen molar-refractivity contribution in [2.75, 3.05) is 25.0 Å². The molecule has 32 heavy (non-hydrogen) atoms. The zero-order valence-corrected chi connectivity index (χ0v) is 19.4. The van der Waals surface area contributed by atoms with Crippen molar-refractivity contribution in [1.29, 1.82) is 5.26 Å². The minimum absolute atomic E-state index is 0.0564. The molecular formula is C25H33N7. The van der Waals surface area contributed by atoms with Gasteiger partial charge in [-0.1, -0.05) is 0 Å². The minimum Gasteiger partial charge on any atom is -0.403 e. The normalized spacial score (nSPS) is 19.7. The van der Waals surface area contributed by atoms with Gasteiger partial charge in [0.25, 0.3) is 0 Å². The molecule has 0 atom stereocenters. The van der Waals surface area contributed by atoms with Crippen molar-refractivity contribution in [2.45, 2.75) is 64.3 Å². The minimum atomic E-state index is 0.0564. The van der Waals surface area contributed by atoms with Crippen LogP contribution in [0.2, 0.25) is 0 Å². The van der Waals surface area contributed by atoms with Gasteiger partial charge in [0.15, 0.2) is 0 Å². The second kappa shape index (κ2) is 9.25. The molecule has 2 aromatic rings. The van der Waals surface area contributed by atoms with Crippen molar-refractivity contribution in [3.05, 3.63) is 41.4 Å². The molecule has 4 rings (SSSR count). The van der Waals surface area contributed by atoms with Crippen LogP contribution in [0.25, 0.3) is 10.9 Å². The summed E-state index contributed by atoms with van der Waals surface area (Å²) in [6.45, 7) is 9.28. The number of aryl methyl sites for hydroxylation is 1. The number of nitrogens with one attached hydrogen (secondary N) is 1. The Morgan fingerprint density at radius 2 is 2.12 bits per heavy atom. The zero-order chi connectivity index (χ0) is 22.7. The van der Waals surface area contributed by atoms with Gasteiger partial charge in [0.1, 0.15) is 0 Å². The molecule has 7 heteroatoms. The first-order chi connectivity index (χ1) is 15.4. The molecule has 0 radical (unpaired) electrons. The van der Waals surface area contributed by atoms with Gasteiger partial charge in [0.2, 0.25) is 5.95 Å². The molecule has 1 saturated carbocycles. The second-order valence-electron chi connectivity index (χ2n) is 9.38. The largest absolute Gasteiger partial charge is 0.403 e. The smallest absolute Gasteiger partial charge is 0.227 e. The fourth-order valence-corrected chi connectivity index (χ4v) is 4.52. The molecule has 0 unspecified atom stereocenters. The zero-order valence-electron chi connectivity index (χ0n) is 19.4. The van der Waals surface area contributed by atoms with E-state index in [1.54, 1.807) is 6.20 Å². The number of nitrogens with zero attached hydrogens (tertiary/aromatic N) is 5. The van der Waals surface area contributed by atoms with Gasteiger partial charge in [0, 0.05) is 30.7 Å². The van der Waals surface area contributed by atoms with Crippen LogP contribution in [0.15, 0.2) is 35.2 Å². The number of hydrogen-bond donors (Lipinski definition) is 2. The fourth-order valence-electron chi connectivity index (χ4n) is 4.52. The van der Waals surface area contributed by atoms with E-state index in [1.807, 2.05) is 13.1 Å². The van der Waals surface area contributed by atoms with Crippen molar-refractivity contribution in [2.24, 2.45) is 10.7 Å². The van der Waals surface area contributed by atoms with Gasteiger partial charge in [-0.05, 0) is 88.7 Å². The van der Waals surface area contributed by atoms with Crippen LogP contribution >= 0.6 is 0 Å². The van der Waals surface area contributed by atoms with Crippen LogP contribution in [-0.4, -0.2) is 45.8 Å². The van der Waals surface area contributed by atoms with Gasteiger partial charge in [-0.3, -0.25) is 4.99 Å². The Hall–Kier alpha value is -2.98. The lowest BCUT2D eigenvalue weighted by Crippen LogP contribution is -2.33. The van der Waals surface area contributed by atoms with Crippen molar-refractivity contribution in [3.8, 4) is 6.07 Å². The quantitative estimate of drug-likeness (QED) is 0.635. The summed E-state index contributed by atoms with van der Waals surface area (Å²) in [5.74, 6) is 1.06. The molecule has 2 fully saturated rings. The molecule has 2 aliphatic rings. The molecule has 1 saturated heterocycles. The molecule has 0 bridgehead atoms. The van der Waals surface area contributed by atoms with E-state index in [0.29, 0.717) is 18.3 Å². The summed E-state index contributed by atoms with van der Waals surface area (Å²) in [7, 11) is 0. The van der Waals surface area contributed by atoms with Gasteiger partial charge in [-0.25, -0.2) is 9.97 Å². The summed E-state index contributed by atoms with van der Waals surface area (Å²) < 4.78 is 0. The summed E-state index contributed by atoms with van der Waals surface area (Å²) in [6, 6.07) is 6.67. The maximum atomic E-state index is 8.83. The summed E-state index contributed by atoms with van der Waals surface area (Å²) >= 11 is 0. The summed E-state index contributed by atoms with van der Waals surface area (Å²) in [5.41, 5.74) is 11.2. The standard InChI is InChI=1S/C25H33N7/c1-17-13-20-16-28-24(30-23(15-27)18(2)31-25(3)7-8-25)29-22(20)14-21(17)19-5-11-32(12-6-19)10-4-9-26/h13-16,19H,4-8,10-12,27H2,1-3H3,(H,28,29,30)/b23-15+,31-18?. The predicted octanol–water partition coefficient (Wildman–Crippen LogP) is 4.26. The van der Waals surface area contributed by atoms with Crippen LogP contribution in [0.3, 0.4) is 0 Å². The molecule has 7 nitrogen and oxygen atoms in total. The number of aromatic nitrogens is 2. The van der Waals surface area contributed by atoms with Gasteiger partial charge < -0.3 is 16.0 Å². The van der Waals surface area contributed by atoms with Crippen LogP contribution in [0.5, 0.6) is 0 Å². The third-order valence-corrected chi connectivity index (χ3v) is 6.75. The second-order valence-corrected chi connectivity index (χ2v) is 9.38. The summed E-state index contributed by atoms with van der Waals surface area (Å²) in [6.07, 6.45) is 8.48. The Morgan fingerprint density at radius 3 is 2.78 bits per heavy atom. The Labute approximate surface area is 190 Å². The number of fused-ring (bicyclic) bond motifs is 1. The predicted molar refractivity (Wildman–Crippen MR) is 130 cm³/mol. The van der Waals surface area contributed by atoms with Crippen LogP contribution in [0.4, 0.5) is 5.95 Å². The number of likely N-dealkylation sites (tertiary alicyclic amines) is 1. The Kier molecular flexibility index (Phi) is 6.43. The fraction of sp³-hybridized carbons (Fsp3) is 0.520. The maximum Gasteiger partial charge on any atom is 0.227 e. The van der Waals surface area contributed by atoms with E-state index in [-0.39, 0.29) is 5.54 Å². The number of nitrogens with two attached hydrogens (primary N) is 1. The van der Waals surface area contributed by atoms with E-state index < -0.39 is 0 Å². The van der Waals surface area contributed by atoms with Crippen molar-refractivity contribution >= 4 is 22.6 Å². The number of piperidine rings is 1. The highest BCUT2D eigenvalue weighted by atomic mass is 15.1. The van der Waals surface area contributed by atoms with Crippen molar-refractivity contribution in [1.82, 2.24) is 14.9 Å². The Bertz CT molecular complexity index is 1080. The highest BCUT2D eigenvalue weighted by Crippen LogP contribution is 2.39. The molecule has 2 heterocycles. The lowest BCUT2D eigenvalue weighted by molar-refractivity contribution is 0.216. The number of anilines is 1. The molecule has 1 aliphatic heterocycles. The van der Waals surface area contributed by atoms with E-state index in [0.717, 1.165) is 67.6 Å². The van der Waals surface area contributed by atoms with E-state index in [9.17, 15) is 0 Å². The van der Waals surface area contributed by atoms with Crippen molar-refractivity contribution in [3.63, 3.8) is 0 Å². The number of nitriles is 1. The van der Waals surface area contributed by atoms with Gasteiger partial charge in [-0.2, -0.15) is 5.26 Å². The molecule has 0 amide bonds. The maximum absolute atomic E-state index is 8.83. The lowest BCUT2D eigenvalue weighted by Gasteiger charge is -2.32. The third-order valence-electron chi connectivity index (χ3n) is 6.75. The number of hydrogen-bond acceptors (Lipinski definition) is 7. The monoisotopic (exact) mass is 431 g/mol. The number of benzene rings is 1. The average Bonchev–Trinajstić information content (AvgIpc) is 3.52. The molecule has 0 spiro atoms. The lowest BCUT2D eigenvalue weighted by atomic mass is 9.86. The van der Waals surface area contributed by atoms with E-state index in [4.69, 9.17) is 21.0 Å². The Morgan fingerprint density at radius 1 is 1.38 bits per heavy atom.